The van der Waals surface area contributed by atoms with Crippen molar-refractivity contribution in [2.75, 3.05) is 19.7 Å². The van der Waals surface area contributed by atoms with E-state index in [2.05, 4.69) is 11.9 Å². The number of aliphatic hydroxyl groups is 1. The molecule has 0 rings (SSSR count). The Labute approximate surface area is 68.7 Å². The van der Waals surface area contributed by atoms with Crippen molar-refractivity contribution in [3.05, 3.63) is 12.2 Å². The number of nitrogens with one attached hydrogen (secondary N) is 1. The average Bonchev–Trinajstić information content (AvgIpc) is 1.80. The summed E-state index contributed by atoms with van der Waals surface area (Å²) in [5.74, 6) is 0. The van der Waals surface area contributed by atoms with Gasteiger partial charge in [0, 0.05) is 6.54 Å². The maximum absolute atomic E-state index is 8.35. The molecule has 10 heavy (non-hydrogen) atoms. The molecule has 0 spiro atoms. The van der Waals surface area contributed by atoms with Gasteiger partial charge in [-0.05, 0) is 19.9 Å². The molecule has 0 aliphatic carbocycles. The van der Waals surface area contributed by atoms with Gasteiger partial charge >= 0.3 is 0 Å². The van der Waals surface area contributed by atoms with E-state index in [-0.39, 0.29) is 19.0 Å². The molecule has 0 aromatic carbocycles. The molecule has 0 bridgehead atoms. The van der Waals surface area contributed by atoms with Crippen molar-refractivity contribution in [2.24, 2.45) is 0 Å². The third-order valence-electron chi connectivity index (χ3n) is 1.02. The SMILES string of the molecule is C=C(C)CCNCCO.Cl. The fraction of sp³-hybridized carbons (Fsp3) is 0.714. The molecule has 0 radical (unpaired) electrons. The summed E-state index contributed by atoms with van der Waals surface area (Å²) in [6.45, 7) is 7.58. The highest BCUT2D eigenvalue weighted by Crippen LogP contribution is 1.90. The van der Waals surface area contributed by atoms with Gasteiger partial charge in [-0.2, -0.15) is 0 Å². The van der Waals surface area contributed by atoms with Crippen LogP contribution >= 0.6 is 12.4 Å². The second kappa shape index (κ2) is 8.95. The van der Waals surface area contributed by atoms with Crippen molar-refractivity contribution >= 4 is 12.4 Å². The highest BCUT2D eigenvalue weighted by molar-refractivity contribution is 5.85. The van der Waals surface area contributed by atoms with Crippen molar-refractivity contribution in [1.29, 1.82) is 0 Å². The number of aliphatic hydroxyl groups excluding tert-OH is 1. The Bertz CT molecular complexity index is 85.7. The lowest BCUT2D eigenvalue weighted by atomic mass is 10.2. The molecule has 0 aromatic rings. The minimum atomic E-state index is 0. The molecular formula is C7H16ClNO. The van der Waals surface area contributed by atoms with E-state index in [1.807, 2.05) is 6.92 Å². The predicted molar refractivity (Wildman–Crippen MR) is 46.6 cm³/mol. The number of rotatable bonds is 5. The first-order chi connectivity index (χ1) is 4.27. The second-order valence-electron chi connectivity index (χ2n) is 2.18. The average molecular weight is 166 g/mol. The van der Waals surface area contributed by atoms with Crippen LogP contribution in [0.4, 0.5) is 0 Å². The first-order valence-corrected chi connectivity index (χ1v) is 3.23. The van der Waals surface area contributed by atoms with Crippen LogP contribution in [0.5, 0.6) is 0 Å². The van der Waals surface area contributed by atoms with Gasteiger partial charge in [0.2, 0.25) is 0 Å². The van der Waals surface area contributed by atoms with Crippen molar-refractivity contribution in [2.45, 2.75) is 13.3 Å². The number of hydrogen-bond acceptors (Lipinski definition) is 2. The zero-order chi connectivity index (χ0) is 7.11. The molecule has 0 aromatic heterocycles. The van der Waals surface area contributed by atoms with E-state index in [1.54, 1.807) is 0 Å². The Balaban J connectivity index is 0. The molecule has 0 fully saturated rings. The topological polar surface area (TPSA) is 32.3 Å². The van der Waals surface area contributed by atoms with E-state index in [0.717, 1.165) is 13.0 Å². The van der Waals surface area contributed by atoms with Gasteiger partial charge < -0.3 is 10.4 Å². The molecule has 0 unspecified atom stereocenters. The maximum atomic E-state index is 8.35. The van der Waals surface area contributed by atoms with Gasteiger partial charge in [-0.3, -0.25) is 0 Å². The molecule has 0 saturated heterocycles. The van der Waals surface area contributed by atoms with Crippen LogP contribution in [-0.2, 0) is 0 Å². The van der Waals surface area contributed by atoms with Gasteiger partial charge in [0.1, 0.15) is 0 Å². The lowest BCUT2D eigenvalue weighted by molar-refractivity contribution is 0.293. The van der Waals surface area contributed by atoms with Crippen LogP contribution in [0.3, 0.4) is 0 Å². The third kappa shape index (κ3) is 10.8. The van der Waals surface area contributed by atoms with Gasteiger partial charge in [-0.1, -0.05) is 5.57 Å². The van der Waals surface area contributed by atoms with Crippen molar-refractivity contribution in [3.63, 3.8) is 0 Å². The van der Waals surface area contributed by atoms with E-state index in [9.17, 15) is 0 Å². The summed E-state index contributed by atoms with van der Waals surface area (Å²) in [6, 6.07) is 0. The molecule has 3 heteroatoms. The first kappa shape index (κ1) is 12.6. The second-order valence-corrected chi connectivity index (χ2v) is 2.18. The van der Waals surface area contributed by atoms with E-state index in [4.69, 9.17) is 5.11 Å². The van der Waals surface area contributed by atoms with E-state index in [1.165, 1.54) is 5.57 Å². The monoisotopic (exact) mass is 165 g/mol. The molecule has 0 saturated carbocycles. The summed E-state index contributed by atoms with van der Waals surface area (Å²) in [5, 5.41) is 11.4. The highest BCUT2D eigenvalue weighted by Gasteiger charge is 1.85. The Morgan fingerprint density at radius 2 is 2.10 bits per heavy atom. The van der Waals surface area contributed by atoms with E-state index >= 15 is 0 Å². The molecule has 0 aliphatic heterocycles. The summed E-state index contributed by atoms with van der Waals surface area (Å²) < 4.78 is 0. The Hall–Kier alpha value is -0.0500. The van der Waals surface area contributed by atoms with Gasteiger partial charge in [-0.25, -0.2) is 0 Å². The quantitative estimate of drug-likeness (QED) is 0.470. The maximum Gasteiger partial charge on any atom is 0.0555 e. The van der Waals surface area contributed by atoms with Crippen molar-refractivity contribution < 1.29 is 5.11 Å². The molecule has 0 atom stereocenters. The molecule has 0 heterocycles. The highest BCUT2D eigenvalue weighted by atomic mass is 35.5. The smallest absolute Gasteiger partial charge is 0.0555 e. The number of halogens is 1. The lowest BCUT2D eigenvalue weighted by Gasteiger charge is -2.00. The summed E-state index contributed by atoms with van der Waals surface area (Å²) in [5.41, 5.74) is 1.18. The normalized spacial score (nSPS) is 8.60. The van der Waals surface area contributed by atoms with Crippen LogP contribution in [0.1, 0.15) is 13.3 Å². The minimum absolute atomic E-state index is 0. The Kier molecular flexibility index (Phi) is 11.3. The minimum Gasteiger partial charge on any atom is -0.395 e. The first-order valence-electron chi connectivity index (χ1n) is 3.23. The van der Waals surface area contributed by atoms with Gasteiger partial charge in [0.15, 0.2) is 0 Å². The van der Waals surface area contributed by atoms with Crippen LogP contribution in [0.15, 0.2) is 12.2 Å². The van der Waals surface area contributed by atoms with Crippen LogP contribution in [0.2, 0.25) is 0 Å². The van der Waals surface area contributed by atoms with Gasteiger partial charge in [0.05, 0.1) is 6.61 Å². The molecular weight excluding hydrogens is 150 g/mol. The van der Waals surface area contributed by atoms with Gasteiger partial charge in [0.25, 0.3) is 0 Å². The molecule has 0 amide bonds. The Morgan fingerprint density at radius 3 is 2.50 bits per heavy atom. The predicted octanol–water partition coefficient (Wildman–Crippen LogP) is 0.956. The van der Waals surface area contributed by atoms with Crippen LogP contribution < -0.4 is 5.32 Å². The largest absolute Gasteiger partial charge is 0.395 e. The van der Waals surface area contributed by atoms with Crippen molar-refractivity contribution in [3.8, 4) is 0 Å². The summed E-state index contributed by atoms with van der Waals surface area (Å²) >= 11 is 0. The van der Waals surface area contributed by atoms with Gasteiger partial charge in [-0.15, -0.1) is 19.0 Å². The third-order valence-corrected chi connectivity index (χ3v) is 1.02. The molecule has 2 nitrogen and oxygen atoms in total. The molecule has 2 N–H and O–H groups in total. The summed E-state index contributed by atoms with van der Waals surface area (Å²) in [7, 11) is 0. The molecule has 62 valence electrons. The van der Waals surface area contributed by atoms with E-state index in [0.29, 0.717) is 6.54 Å². The summed E-state index contributed by atoms with van der Waals surface area (Å²) in [6.07, 6.45) is 1.00. The fourth-order valence-corrected chi connectivity index (χ4v) is 0.506. The van der Waals surface area contributed by atoms with Crippen LogP contribution in [0, 0.1) is 0 Å². The van der Waals surface area contributed by atoms with Crippen LogP contribution in [-0.4, -0.2) is 24.8 Å². The van der Waals surface area contributed by atoms with E-state index < -0.39 is 0 Å². The molecule has 0 aliphatic rings. The lowest BCUT2D eigenvalue weighted by Crippen LogP contribution is -2.19. The standard InChI is InChI=1S/C7H15NO.ClH/c1-7(2)3-4-8-5-6-9;/h8-9H,1,3-6H2,2H3;1H. The van der Waals surface area contributed by atoms with Crippen molar-refractivity contribution in [1.82, 2.24) is 5.32 Å². The number of hydrogen-bond donors (Lipinski definition) is 2. The zero-order valence-corrected chi connectivity index (χ0v) is 7.21. The zero-order valence-electron chi connectivity index (χ0n) is 6.39. The van der Waals surface area contributed by atoms with Crippen LogP contribution in [0.25, 0.3) is 0 Å². The fourth-order valence-electron chi connectivity index (χ4n) is 0.506. The summed E-state index contributed by atoms with van der Waals surface area (Å²) in [4.78, 5) is 0. The Morgan fingerprint density at radius 1 is 1.50 bits per heavy atom.